The van der Waals surface area contributed by atoms with Crippen LogP contribution in [0.25, 0.3) is 0 Å². The zero-order chi connectivity index (χ0) is 22.0. The molecule has 3 rings (SSSR count). The van der Waals surface area contributed by atoms with Crippen LogP contribution < -0.4 is 19.5 Å². The van der Waals surface area contributed by atoms with Gasteiger partial charge in [-0.3, -0.25) is 4.79 Å². The van der Waals surface area contributed by atoms with E-state index in [0.29, 0.717) is 46.1 Å². The van der Waals surface area contributed by atoms with E-state index in [-0.39, 0.29) is 11.9 Å². The quantitative estimate of drug-likeness (QED) is 0.710. The number of carbonyl (C=O) groups is 2. The third-order valence-corrected chi connectivity index (χ3v) is 5.36. The molecule has 1 heterocycles. The lowest BCUT2D eigenvalue weighted by Gasteiger charge is -2.34. The van der Waals surface area contributed by atoms with Crippen LogP contribution in [0.15, 0.2) is 34.7 Å². The van der Waals surface area contributed by atoms with Crippen molar-refractivity contribution >= 4 is 11.8 Å². The van der Waals surface area contributed by atoms with Gasteiger partial charge in [0.25, 0.3) is 0 Å². The van der Waals surface area contributed by atoms with Gasteiger partial charge in [0.15, 0.2) is 17.3 Å². The van der Waals surface area contributed by atoms with Gasteiger partial charge < -0.3 is 24.3 Å². The molecule has 0 bridgehead atoms. The Morgan fingerprint density at radius 1 is 1.07 bits per heavy atom. The average molecular weight is 415 g/mol. The van der Waals surface area contributed by atoms with Gasteiger partial charge in [-0.15, -0.1) is 0 Å². The number of hydrogen-bond acceptors (Lipinski definition) is 7. The van der Waals surface area contributed by atoms with E-state index >= 15 is 0 Å². The predicted molar refractivity (Wildman–Crippen MR) is 112 cm³/mol. The standard InChI is InChI=1S/C23H29NO6/c1-12(2)30-23(26)19-13(3)24-15-8-7-9-16(25)21(15)20(19)14-10-17(27-4)22(29-6)18(11-14)28-5/h10-12,20,24H,7-9H2,1-6H3/t20-/m1/s1. The Kier molecular flexibility index (Phi) is 6.39. The molecule has 0 radical (unpaired) electrons. The van der Waals surface area contributed by atoms with E-state index in [4.69, 9.17) is 18.9 Å². The lowest BCUT2D eigenvalue weighted by Crippen LogP contribution is -2.35. The number of esters is 1. The summed E-state index contributed by atoms with van der Waals surface area (Å²) in [4.78, 5) is 26.1. The SMILES string of the molecule is COc1cc([C@@H]2C(C(=O)OC(C)C)=C(C)NC3=C2C(=O)CCC3)cc(OC)c1OC. The van der Waals surface area contributed by atoms with E-state index in [9.17, 15) is 9.59 Å². The number of ether oxygens (including phenoxy) is 4. The fourth-order valence-corrected chi connectivity index (χ4v) is 4.13. The van der Waals surface area contributed by atoms with Crippen LogP contribution in [0.3, 0.4) is 0 Å². The highest BCUT2D eigenvalue weighted by atomic mass is 16.5. The van der Waals surface area contributed by atoms with Crippen molar-refractivity contribution in [1.29, 1.82) is 0 Å². The molecule has 7 heteroatoms. The Hall–Kier alpha value is -2.96. The van der Waals surface area contributed by atoms with Crippen molar-refractivity contribution in [3.05, 3.63) is 40.2 Å². The van der Waals surface area contributed by atoms with Crippen LogP contribution in [-0.4, -0.2) is 39.2 Å². The molecule has 0 amide bonds. The fraction of sp³-hybridized carbons (Fsp3) is 0.478. The summed E-state index contributed by atoms with van der Waals surface area (Å²) in [5.74, 6) is 0.390. The second-order valence-electron chi connectivity index (χ2n) is 7.68. The highest BCUT2D eigenvalue weighted by Crippen LogP contribution is 2.47. The number of ketones is 1. The molecule has 1 N–H and O–H groups in total. The van der Waals surface area contributed by atoms with Crippen LogP contribution in [-0.2, 0) is 14.3 Å². The zero-order valence-electron chi connectivity index (χ0n) is 18.4. The second-order valence-corrected chi connectivity index (χ2v) is 7.68. The summed E-state index contributed by atoms with van der Waals surface area (Å²) in [6, 6.07) is 3.58. The molecule has 0 unspecified atom stereocenters. The number of hydrogen-bond donors (Lipinski definition) is 1. The monoisotopic (exact) mass is 415 g/mol. The maximum absolute atomic E-state index is 13.1. The normalized spacial score (nSPS) is 18.8. The molecule has 1 aromatic rings. The van der Waals surface area contributed by atoms with E-state index in [1.807, 2.05) is 6.92 Å². The number of methoxy groups -OCH3 is 3. The molecule has 0 saturated heterocycles. The van der Waals surface area contributed by atoms with Gasteiger partial charge in [0.05, 0.1) is 33.0 Å². The third kappa shape index (κ3) is 3.88. The molecule has 7 nitrogen and oxygen atoms in total. The van der Waals surface area contributed by atoms with Crippen LogP contribution in [0.5, 0.6) is 17.2 Å². The molecule has 0 saturated carbocycles. The van der Waals surface area contributed by atoms with Crippen molar-refractivity contribution in [1.82, 2.24) is 5.32 Å². The predicted octanol–water partition coefficient (Wildman–Crippen LogP) is 3.63. The molecule has 162 valence electrons. The zero-order valence-corrected chi connectivity index (χ0v) is 18.4. The van der Waals surface area contributed by atoms with E-state index in [2.05, 4.69) is 5.32 Å². The van der Waals surface area contributed by atoms with E-state index in [1.54, 1.807) is 26.0 Å². The van der Waals surface area contributed by atoms with Gasteiger partial charge >= 0.3 is 5.97 Å². The largest absolute Gasteiger partial charge is 0.493 e. The summed E-state index contributed by atoms with van der Waals surface area (Å²) in [7, 11) is 4.61. The highest BCUT2D eigenvalue weighted by Gasteiger charge is 2.40. The van der Waals surface area contributed by atoms with Crippen molar-refractivity contribution in [2.75, 3.05) is 21.3 Å². The number of Topliss-reactive ketones (excluding diaryl/α,β-unsaturated/α-hetero) is 1. The van der Waals surface area contributed by atoms with Gasteiger partial charge in [-0.05, 0) is 51.3 Å². The number of nitrogens with one attached hydrogen (secondary N) is 1. The Labute approximate surface area is 177 Å². The summed E-state index contributed by atoms with van der Waals surface area (Å²) in [5.41, 5.74) is 3.30. The molecule has 30 heavy (non-hydrogen) atoms. The first-order valence-corrected chi connectivity index (χ1v) is 10.1. The first-order valence-electron chi connectivity index (χ1n) is 10.1. The molecule has 1 atom stereocenters. The van der Waals surface area contributed by atoms with Crippen molar-refractivity contribution < 1.29 is 28.5 Å². The van der Waals surface area contributed by atoms with E-state index < -0.39 is 11.9 Å². The first-order chi connectivity index (χ1) is 14.3. The van der Waals surface area contributed by atoms with Gasteiger partial charge in [0.2, 0.25) is 5.75 Å². The van der Waals surface area contributed by atoms with Gasteiger partial charge in [0, 0.05) is 29.3 Å². The molecular formula is C23H29NO6. The molecule has 0 fully saturated rings. The van der Waals surface area contributed by atoms with Crippen LogP contribution >= 0.6 is 0 Å². The summed E-state index contributed by atoms with van der Waals surface area (Å²) in [6.45, 7) is 5.44. The number of dihydropyridines is 1. The Morgan fingerprint density at radius 2 is 1.70 bits per heavy atom. The van der Waals surface area contributed by atoms with Crippen LogP contribution in [0.1, 0.15) is 51.5 Å². The van der Waals surface area contributed by atoms with E-state index in [1.165, 1.54) is 21.3 Å². The first kappa shape index (κ1) is 21.7. The van der Waals surface area contributed by atoms with Gasteiger partial charge in [-0.25, -0.2) is 4.79 Å². The summed E-state index contributed by atoms with van der Waals surface area (Å²) in [5, 5.41) is 3.28. The number of benzene rings is 1. The fourth-order valence-electron chi connectivity index (χ4n) is 4.13. The van der Waals surface area contributed by atoms with Crippen molar-refractivity contribution in [3.63, 3.8) is 0 Å². The van der Waals surface area contributed by atoms with Gasteiger partial charge in [0.1, 0.15) is 0 Å². The Morgan fingerprint density at radius 3 is 2.23 bits per heavy atom. The van der Waals surface area contributed by atoms with Crippen molar-refractivity contribution in [3.8, 4) is 17.2 Å². The van der Waals surface area contributed by atoms with Crippen LogP contribution in [0.4, 0.5) is 0 Å². The van der Waals surface area contributed by atoms with Gasteiger partial charge in [-0.1, -0.05) is 0 Å². The average Bonchev–Trinajstić information content (AvgIpc) is 2.71. The highest BCUT2D eigenvalue weighted by molar-refractivity contribution is 6.03. The van der Waals surface area contributed by atoms with Crippen LogP contribution in [0, 0.1) is 0 Å². The molecular weight excluding hydrogens is 386 g/mol. The molecule has 1 aliphatic carbocycles. The molecule has 2 aliphatic rings. The summed E-state index contributed by atoms with van der Waals surface area (Å²) in [6.07, 6.45) is 1.71. The smallest absolute Gasteiger partial charge is 0.337 e. The van der Waals surface area contributed by atoms with Crippen LogP contribution in [0.2, 0.25) is 0 Å². The third-order valence-electron chi connectivity index (χ3n) is 5.36. The Balaban J connectivity index is 2.24. The molecule has 1 aliphatic heterocycles. The Bertz CT molecular complexity index is 903. The molecule has 0 aromatic heterocycles. The number of carbonyl (C=O) groups excluding carboxylic acids is 2. The van der Waals surface area contributed by atoms with E-state index in [0.717, 1.165) is 18.5 Å². The number of rotatable bonds is 6. The van der Waals surface area contributed by atoms with Gasteiger partial charge in [-0.2, -0.15) is 0 Å². The topological polar surface area (TPSA) is 83.1 Å². The lowest BCUT2D eigenvalue weighted by molar-refractivity contribution is -0.143. The minimum absolute atomic E-state index is 0.0323. The number of allylic oxidation sites excluding steroid dienone is 3. The minimum atomic E-state index is -0.575. The summed E-state index contributed by atoms with van der Waals surface area (Å²) < 4.78 is 22.0. The second kappa shape index (κ2) is 8.81. The lowest BCUT2D eigenvalue weighted by atomic mass is 9.75. The maximum Gasteiger partial charge on any atom is 0.337 e. The molecule has 0 spiro atoms. The molecule has 1 aromatic carbocycles. The van der Waals surface area contributed by atoms with Crippen molar-refractivity contribution in [2.45, 2.75) is 52.1 Å². The maximum atomic E-state index is 13.1. The van der Waals surface area contributed by atoms with Crippen molar-refractivity contribution in [2.24, 2.45) is 0 Å². The minimum Gasteiger partial charge on any atom is -0.493 e. The summed E-state index contributed by atoms with van der Waals surface area (Å²) >= 11 is 0.